The van der Waals surface area contributed by atoms with Crippen molar-refractivity contribution in [3.8, 4) is 5.75 Å². The number of anilines is 1. The number of amides is 1. The third-order valence-corrected chi connectivity index (χ3v) is 4.65. The maximum Gasteiger partial charge on any atom is 0.270 e. The summed E-state index contributed by atoms with van der Waals surface area (Å²) in [6, 6.07) is 9.53. The second-order valence-corrected chi connectivity index (χ2v) is 6.79. The standard InChI is InChI=1S/C20H26N4O2/c1-15-5-4-12-24(14-15)20-22-11-9-18(23-20)19(25)21-10-8-16-6-3-7-17(13-16)26-2/h3,6-7,9,11,13,15H,4-5,8,10,12,14H2,1-2H3,(H,21,25). The molecule has 1 amide bonds. The van der Waals surface area contributed by atoms with Gasteiger partial charge in [0.1, 0.15) is 11.4 Å². The number of rotatable bonds is 6. The summed E-state index contributed by atoms with van der Waals surface area (Å²) in [6.45, 7) is 4.68. The molecule has 1 aliphatic rings. The number of carbonyl (C=O) groups excluding carboxylic acids is 1. The fraction of sp³-hybridized carbons (Fsp3) is 0.450. The van der Waals surface area contributed by atoms with Crippen molar-refractivity contribution in [1.82, 2.24) is 15.3 Å². The molecule has 1 aromatic heterocycles. The maximum absolute atomic E-state index is 12.4. The van der Waals surface area contributed by atoms with Crippen LogP contribution in [0.4, 0.5) is 5.95 Å². The van der Waals surface area contributed by atoms with E-state index in [0.29, 0.717) is 24.1 Å². The third kappa shape index (κ3) is 4.71. The molecule has 138 valence electrons. The molecule has 6 heteroatoms. The van der Waals surface area contributed by atoms with Gasteiger partial charge in [-0.3, -0.25) is 4.79 Å². The fourth-order valence-corrected chi connectivity index (χ4v) is 3.24. The van der Waals surface area contributed by atoms with E-state index in [-0.39, 0.29) is 5.91 Å². The van der Waals surface area contributed by atoms with Gasteiger partial charge in [-0.1, -0.05) is 19.1 Å². The van der Waals surface area contributed by atoms with Gasteiger partial charge in [0.2, 0.25) is 5.95 Å². The molecule has 1 aliphatic heterocycles. The molecule has 6 nitrogen and oxygen atoms in total. The second kappa shape index (κ2) is 8.65. The molecule has 1 N–H and O–H groups in total. The van der Waals surface area contributed by atoms with E-state index in [1.54, 1.807) is 19.4 Å². The number of methoxy groups -OCH3 is 1. The highest BCUT2D eigenvalue weighted by molar-refractivity contribution is 5.92. The number of nitrogens with one attached hydrogen (secondary N) is 1. The van der Waals surface area contributed by atoms with Gasteiger partial charge in [-0.2, -0.15) is 0 Å². The molecule has 1 fully saturated rings. The molecule has 1 aromatic carbocycles. The number of ether oxygens (including phenoxy) is 1. The number of hydrogen-bond donors (Lipinski definition) is 1. The predicted octanol–water partition coefficient (Wildman–Crippen LogP) is 2.69. The van der Waals surface area contributed by atoms with Gasteiger partial charge in [0.15, 0.2) is 0 Å². The molecular formula is C20H26N4O2. The molecule has 1 saturated heterocycles. The third-order valence-electron chi connectivity index (χ3n) is 4.65. The Hall–Kier alpha value is -2.63. The minimum absolute atomic E-state index is 0.165. The van der Waals surface area contributed by atoms with E-state index >= 15 is 0 Å². The number of nitrogens with zero attached hydrogens (tertiary/aromatic N) is 3. The van der Waals surface area contributed by atoms with Crippen molar-refractivity contribution in [2.75, 3.05) is 31.6 Å². The quantitative estimate of drug-likeness (QED) is 0.864. The Labute approximate surface area is 154 Å². The predicted molar refractivity (Wildman–Crippen MR) is 102 cm³/mol. The first-order chi connectivity index (χ1) is 12.7. The van der Waals surface area contributed by atoms with E-state index in [4.69, 9.17) is 4.74 Å². The van der Waals surface area contributed by atoms with E-state index < -0.39 is 0 Å². The lowest BCUT2D eigenvalue weighted by Gasteiger charge is -2.30. The van der Waals surface area contributed by atoms with Crippen molar-refractivity contribution in [3.63, 3.8) is 0 Å². The maximum atomic E-state index is 12.4. The summed E-state index contributed by atoms with van der Waals surface area (Å²) >= 11 is 0. The summed E-state index contributed by atoms with van der Waals surface area (Å²) in [7, 11) is 1.65. The SMILES string of the molecule is COc1cccc(CCNC(=O)c2ccnc(N3CCCC(C)C3)n2)c1. The molecule has 0 saturated carbocycles. The normalized spacial score (nSPS) is 17.0. The van der Waals surface area contributed by atoms with Crippen molar-refractivity contribution in [1.29, 1.82) is 0 Å². The summed E-state index contributed by atoms with van der Waals surface area (Å²) in [5, 5.41) is 2.94. The van der Waals surface area contributed by atoms with Crippen molar-refractivity contribution >= 4 is 11.9 Å². The zero-order valence-corrected chi connectivity index (χ0v) is 15.4. The average molecular weight is 354 g/mol. The van der Waals surface area contributed by atoms with E-state index in [1.165, 1.54) is 6.42 Å². The minimum atomic E-state index is -0.165. The van der Waals surface area contributed by atoms with Gasteiger partial charge in [-0.25, -0.2) is 9.97 Å². The minimum Gasteiger partial charge on any atom is -0.497 e. The molecule has 0 spiro atoms. The number of piperidine rings is 1. The molecule has 26 heavy (non-hydrogen) atoms. The lowest BCUT2D eigenvalue weighted by atomic mass is 10.0. The van der Waals surface area contributed by atoms with Gasteiger partial charge >= 0.3 is 0 Å². The Bertz CT molecular complexity index is 750. The van der Waals surface area contributed by atoms with Crippen LogP contribution in [0.2, 0.25) is 0 Å². The number of carbonyl (C=O) groups is 1. The Morgan fingerprint density at radius 3 is 3.08 bits per heavy atom. The molecular weight excluding hydrogens is 328 g/mol. The van der Waals surface area contributed by atoms with Gasteiger partial charge in [-0.05, 0) is 48.9 Å². The fourth-order valence-electron chi connectivity index (χ4n) is 3.24. The molecule has 2 heterocycles. The Morgan fingerprint density at radius 2 is 2.27 bits per heavy atom. The van der Waals surface area contributed by atoms with Crippen LogP contribution in [0.15, 0.2) is 36.5 Å². The Morgan fingerprint density at radius 1 is 1.38 bits per heavy atom. The highest BCUT2D eigenvalue weighted by Gasteiger charge is 2.19. The lowest BCUT2D eigenvalue weighted by Crippen LogP contribution is -2.36. The highest BCUT2D eigenvalue weighted by atomic mass is 16.5. The Balaban J connectivity index is 1.56. The van der Waals surface area contributed by atoms with Crippen LogP contribution in [0.1, 0.15) is 35.8 Å². The van der Waals surface area contributed by atoms with Crippen molar-refractivity contribution in [3.05, 3.63) is 47.8 Å². The van der Waals surface area contributed by atoms with Gasteiger partial charge in [-0.15, -0.1) is 0 Å². The summed E-state index contributed by atoms with van der Waals surface area (Å²) < 4.78 is 5.22. The van der Waals surface area contributed by atoms with Crippen molar-refractivity contribution in [2.24, 2.45) is 5.92 Å². The van der Waals surface area contributed by atoms with E-state index in [1.807, 2.05) is 24.3 Å². The van der Waals surface area contributed by atoms with Crippen molar-refractivity contribution in [2.45, 2.75) is 26.2 Å². The van der Waals surface area contributed by atoms with E-state index in [0.717, 1.165) is 37.2 Å². The molecule has 2 aromatic rings. The zero-order chi connectivity index (χ0) is 18.4. The van der Waals surface area contributed by atoms with Gasteiger partial charge in [0.25, 0.3) is 5.91 Å². The molecule has 1 atom stereocenters. The summed E-state index contributed by atoms with van der Waals surface area (Å²) in [5.74, 6) is 1.94. The summed E-state index contributed by atoms with van der Waals surface area (Å²) in [5.41, 5.74) is 1.54. The molecule has 0 bridgehead atoms. The van der Waals surface area contributed by atoms with E-state index in [9.17, 15) is 4.79 Å². The van der Waals surface area contributed by atoms with Gasteiger partial charge in [0, 0.05) is 25.8 Å². The molecule has 0 aliphatic carbocycles. The highest BCUT2D eigenvalue weighted by Crippen LogP contribution is 2.19. The van der Waals surface area contributed by atoms with Crippen LogP contribution in [0.5, 0.6) is 5.75 Å². The monoisotopic (exact) mass is 354 g/mol. The van der Waals surface area contributed by atoms with Crippen LogP contribution in [0.25, 0.3) is 0 Å². The smallest absolute Gasteiger partial charge is 0.270 e. The number of benzene rings is 1. The molecule has 0 radical (unpaired) electrons. The first kappa shape index (κ1) is 18.2. The van der Waals surface area contributed by atoms with Crippen molar-refractivity contribution < 1.29 is 9.53 Å². The first-order valence-corrected chi connectivity index (χ1v) is 9.15. The number of hydrogen-bond acceptors (Lipinski definition) is 5. The molecule has 1 unspecified atom stereocenters. The second-order valence-electron chi connectivity index (χ2n) is 6.79. The topological polar surface area (TPSA) is 67.3 Å². The Kier molecular flexibility index (Phi) is 6.04. The van der Waals surface area contributed by atoms with Crippen LogP contribution in [0, 0.1) is 5.92 Å². The van der Waals surface area contributed by atoms with Crippen LogP contribution in [-0.2, 0) is 6.42 Å². The average Bonchev–Trinajstić information content (AvgIpc) is 2.68. The molecule has 3 rings (SSSR count). The van der Waals surface area contributed by atoms with Gasteiger partial charge < -0.3 is 15.0 Å². The van der Waals surface area contributed by atoms with E-state index in [2.05, 4.69) is 27.1 Å². The van der Waals surface area contributed by atoms with Crippen LogP contribution in [-0.4, -0.2) is 42.6 Å². The first-order valence-electron chi connectivity index (χ1n) is 9.15. The van der Waals surface area contributed by atoms with Gasteiger partial charge in [0.05, 0.1) is 7.11 Å². The number of aromatic nitrogens is 2. The van der Waals surface area contributed by atoms with Crippen LogP contribution >= 0.6 is 0 Å². The largest absolute Gasteiger partial charge is 0.497 e. The summed E-state index contributed by atoms with van der Waals surface area (Å²) in [6.07, 6.45) is 4.78. The summed E-state index contributed by atoms with van der Waals surface area (Å²) in [4.78, 5) is 23.4. The lowest BCUT2D eigenvalue weighted by molar-refractivity contribution is 0.0949. The van der Waals surface area contributed by atoms with Crippen LogP contribution in [0.3, 0.4) is 0 Å². The van der Waals surface area contributed by atoms with Crippen LogP contribution < -0.4 is 15.0 Å². The zero-order valence-electron chi connectivity index (χ0n) is 15.4.